The molecule has 0 aliphatic heterocycles. The van der Waals surface area contributed by atoms with Gasteiger partial charge >= 0.3 is 0 Å². The monoisotopic (exact) mass is 168 g/mol. The van der Waals surface area contributed by atoms with Gasteiger partial charge in [-0.3, -0.25) is 0 Å². The van der Waals surface area contributed by atoms with Crippen molar-refractivity contribution in [1.82, 2.24) is 0 Å². The largest absolute Gasteiger partial charge is 0.374 e. The first-order chi connectivity index (χ1) is 5.81. The SMILES string of the molecule is CCC1=CC(OC)[C@H](OC)C=C1. The van der Waals surface area contributed by atoms with Crippen LogP contribution in [-0.2, 0) is 9.47 Å². The van der Waals surface area contributed by atoms with E-state index in [4.69, 9.17) is 9.47 Å². The highest BCUT2D eigenvalue weighted by molar-refractivity contribution is 5.27. The predicted molar refractivity (Wildman–Crippen MR) is 49.1 cm³/mol. The molecule has 0 bridgehead atoms. The minimum absolute atomic E-state index is 0.0744. The Labute approximate surface area is 73.9 Å². The molecule has 0 fully saturated rings. The molecule has 2 atom stereocenters. The minimum atomic E-state index is 0.0744. The molecule has 12 heavy (non-hydrogen) atoms. The smallest absolute Gasteiger partial charge is 0.105 e. The summed E-state index contributed by atoms with van der Waals surface area (Å²) in [4.78, 5) is 0. The first kappa shape index (κ1) is 9.49. The van der Waals surface area contributed by atoms with E-state index in [1.54, 1.807) is 14.2 Å². The molecular formula is C10H16O2. The summed E-state index contributed by atoms with van der Waals surface area (Å²) in [5.74, 6) is 0. The van der Waals surface area contributed by atoms with Gasteiger partial charge in [0.1, 0.15) is 12.2 Å². The lowest BCUT2D eigenvalue weighted by molar-refractivity contribution is 0.0133. The molecule has 68 valence electrons. The van der Waals surface area contributed by atoms with Crippen molar-refractivity contribution in [2.24, 2.45) is 0 Å². The summed E-state index contributed by atoms with van der Waals surface area (Å²) in [6, 6.07) is 0. The Bertz CT molecular complexity index is 194. The van der Waals surface area contributed by atoms with Gasteiger partial charge < -0.3 is 9.47 Å². The van der Waals surface area contributed by atoms with E-state index in [-0.39, 0.29) is 12.2 Å². The minimum Gasteiger partial charge on any atom is -0.374 e. The fourth-order valence-corrected chi connectivity index (χ4v) is 1.34. The van der Waals surface area contributed by atoms with E-state index < -0.39 is 0 Å². The average molecular weight is 168 g/mol. The molecule has 1 aliphatic rings. The molecular weight excluding hydrogens is 152 g/mol. The molecule has 0 saturated heterocycles. The van der Waals surface area contributed by atoms with Gasteiger partial charge in [0.05, 0.1) is 0 Å². The number of hydrogen-bond acceptors (Lipinski definition) is 2. The Kier molecular flexibility index (Phi) is 3.50. The van der Waals surface area contributed by atoms with E-state index in [2.05, 4.69) is 19.1 Å². The molecule has 2 heteroatoms. The molecule has 0 aromatic heterocycles. The molecule has 0 N–H and O–H groups in total. The van der Waals surface area contributed by atoms with E-state index in [9.17, 15) is 0 Å². The number of methoxy groups -OCH3 is 2. The summed E-state index contributed by atoms with van der Waals surface area (Å²) < 4.78 is 10.5. The van der Waals surface area contributed by atoms with Gasteiger partial charge in [0, 0.05) is 14.2 Å². The Morgan fingerprint density at radius 2 is 1.92 bits per heavy atom. The molecule has 0 amide bonds. The highest BCUT2D eigenvalue weighted by atomic mass is 16.5. The third kappa shape index (κ3) is 1.96. The Balaban J connectivity index is 2.67. The zero-order valence-corrected chi connectivity index (χ0v) is 7.91. The lowest BCUT2D eigenvalue weighted by Gasteiger charge is -2.23. The third-order valence-corrected chi connectivity index (χ3v) is 2.15. The quantitative estimate of drug-likeness (QED) is 0.641. The van der Waals surface area contributed by atoms with Gasteiger partial charge in [-0.25, -0.2) is 0 Å². The van der Waals surface area contributed by atoms with Crippen LogP contribution in [0.3, 0.4) is 0 Å². The summed E-state index contributed by atoms with van der Waals surface area (Å²) in [7, 11) is 3.41. The van der Waals surface area contributed by atoms with Crippen molar-refractivity contribution in [2.45, 2.75) is 25.6 Å². The van der Waals surface area contributed by atoms with Crippen LogP contribution in [0.4, 0.5) is 0 Å². The second-order valence-electron chi connectivity index (χ2n) is 2.85. The first-order valence-electron chi connectivity index (χ1n) is 4.26. The van der Waals surface area contributed by atoms with Crippen molar-refractivity contribution in [3.63, 3.8) is 0 Å². The Hall–Kier alpha value is -0.600. The average Bonchev–Trinajstić information content (AvgIpc) is 2.16. The lowest BCUT2D eigenvalue weighted by Crippen LogP contribution is -2.28. The maximum atomic E-state index is 5.27. The maximum absolute atomic E-state index is 5.27. The van der Waals surface area contributed by atoms with Crippen molar-refractivity contribution >= 4 is 0 Å². The predicted octanol–water partition coefficient (Wildman–Crippen LogP) is 1.92. The summed E-state index contributed by atoms with van der Waals surface area (Å²) in [6.45, 7) is 2.13. The molecule has 1 unspecified atom stereocenters. The van der Waals surface area contributed by atoms with Crippen LogP contribution in [0.25, 0.3) is 0 Å². The van der Waals surface area contributed by atoms with E-state index >= 15 is 0 Å². The van der Waals surface area contributed by atoms with E-state index in [0.717, 1.165) is 6.42 Å². The van der Waals surface area contributed by atoms with Crippen molar-refractivity contribution in [3.05, 3.63) is 23.8 Å². The van der Waals surface area contributed by atoms with Crippen LogP contribution in [0.2, 0.25) is 0 Å². The highest BCUT2D eigenvalue weighted by Gasteiger charge is 2.18. The van der Waals surface area contributed by atoms with Crippen molar-refractivity contribution in [2.75, 3.05) is 14.2 Å². The number of allylic oxidation sites excluding steroid dienone is 2. The summed E-state index contributed by atoms with van der Waals surface area (Å²) in [5, 5.41) is 0. The van der Waals surface area contributed by atoms with Crippen LogP contribution in [0, 0.1) is 0 Å². The van der Waals surface area contributed by atoms with Crippen LogP contribution < -0.4 is 0 Å². The molecule has 1 rings (SSSR count). The molecule has 0 spiro atoms. The van der Waals surface area contributed by atoms with Gasteiger partial charge in [-0.15, -0.1) is 0 Å². The van der Waals surface area contributed by atoms with Gasteiger partial charge in [0.25, 0.3) is 0 Å². The van der Waals surface area contributed by atoms with Gasteiger partial charge in [0.2, 0.25) is 0 Å². The van der Waals surface area contributed by atoms with Gasteiger partial charge in [-0.1, -0.05) is 19.1 Å². The lowest BCUT2D eigenvalue weighted by atomic mass is 10.0. The fraction of sp³-hybridized carbons (Fsp3) is 0.600. The summed E-state index contributed by atoms with van der Waals surface area (Å²) in [5.41, 5.74) is 1.31. The summed E-state index contributed by atoms with van der Waals surface area (Å²) >= 11 is 0. The zero-order chi connectivity index (χ0) is 8.97. The molecule has 0 radical (unpaired) electrons. The highest BCUT2D eigenvalue weighted by Crippen LogP contribution is 2.17. The van der Waals surface area contributed by atoms with Crippen LogP contribution in [0.1, 0.15) is 13.3 Å². The zero-order valence-electron chi connectivity index (χ0n) is 7.91. The second kappa shape index (κ2) is 4.43. The van der Waals surface area contributed by atoms with E-state index in [1.165, 1.54) is 5.57 Å². The third-order valence-electron chi connectivity index (χ3n) is 2.15. The van der Waals surface area contributed by atoms with Crippen LogP contribution >= 0.6 is 0 Å². The molecule has 0 aromatic rings. The summed E-state index contributed by atoms with van der Waals surface area (Å²) in [6.07, 6.45) is 7.47. The Morgan fingerprint density at radius 1 is 1.25 bits per heavy atom. The normalized spacial score (nSPS) is 28.8. The van der Waals surface area contributed by atoms with Gasteiger partial charge in [0.15, 0.2) is 0 Å². The van der Waals surface area contributed by atoms with Crippen LogP contribution in [-0.4, -0.2) is 26.4 Å². The fourth-order valence-electron chi connectivity index (χ4n) is 1.34. The first-order valence-corrected chi connectivity index (χ1v) is 4.26. The van der Waals surface area contributed by atoms with Crippen molar-refractivity contribution < 1.29 is 9.47 Å². The molecule has 0 aromatic carbocycles. The van der Waals surface area contributed by atoms with Crippen molar-refractivity contribution in [1.29, 1.82) is 0 Å². The number of rotatable bonds is 3. The molecule has 0 heterocycles. The van der Waals surface area contributed by atoms with E-state index in [0.29, 0.717) is 0 Å². The van der Waals surface area contributed by atoms with E-state index in [1.807, 2.05) is 6.08 Å². The maximum Gasteiger partial charge on any atom is 0.105 e. The molecule has 2 nitrogen and oxygen atoms in total. The van der Waals surface area contributed by atoms with Gasteiger partial charge in [-0.2, -0.15) is 0 Å². The van der Waals surface area contributed by atoms with Gasteiger partial charge in [-0.05, 0) is 18.1 Å². The molecule has 1 aliphatic carbocycles. The van der Waals surface area contributed by atoms with Crippen molar-refractivity contribution in [3.8, 4) is 0 Å². The molecule has 0 saturated carbocycles. The van der Waals surface area contributed by atoms with Crippen LogP contribution in [0.5, 0.6) is 0 Å². The standard InChI is InChI=1S/C10H16O2/c1-4-8-5-6-9(11-2)10(7-8)12-3/h5-7,9-10H,4H2,1-3H3/t9-,10?/m1/s1. The van der Waals surface area contributed by atoms with Crippen LogP contribution in [0.15, 0.2) is 23.8 Å². The number of hydrogen-bond donors (Lipinski definition) is 0. The Morgan fingerprint density at radius 3 is 2.42 bits per heavy atom. The number of ether oxygens (including phenoxy) is 2. The topological polar surface area (TPSA) is 18.5 Å². The second-order valence-corrected chi connectivity index (χ2v) is 2.85.